The Balaban J connectivity index is 1.96. The number of nitrogens with one attached hydrogen (secondary N) is 1. The molecule has 2 aromatic carbocycles. The van der Waals surface area contributed by atoms with Crippen LogP contribution in [-0.2, 0) is 6.42 Å². The molecule has 2 aromatic rings. The summed E-state index contributed by atoms with van der Waals surface area (Å²) in [6.45, 7) is 0.807. The first-order valence-corrected chi connectivity index (χ1v) is 7.62. The number of rotatable bonds is 4. The largest absolute Gasteiger partial charge is 0.399 e. The van der Waals surface area contributed by atoms with E-state index in [1.54, 1.807) is 6.07 Å². The van der Waals surface area contributed by atoms with Crippen LogP contribution >= 0.6 is 45.8 Å². The quantitative estimate of drug-likeness (QED) is 0.563. The summed E-state index contributed by atoms with van der Waals surface area (Å²) in [4.78, 5) is 0. The van der Waals surface area contributed by atoms with Crippen molar-refractivity contribution in [2.45, 2.75) is 6.42 Å². The average Bonchev–Trinajstić information content (AvgIpc) is 2.34. The summed E-state index contributed by atoms with van der Waals surface area (Å²) in [6.07, 6.45) is 0.844. The first kappa shape index (κ1) is 14.8. The van der Waals surface area contributed by atoms with Crippen LogP contribution in [0.3, 0.4) is 0 Å². The van der Waals surface area contributed by atoms with E-state index in [0.29, 0.717) is 10.0 Å². The third-order valence-electron chi connectivity index (χ3n) is 2.72. The molecule has 100 valence electrons. The van der Waals surface area contributed by atoms with Gasteiger partial charge in [0.1, 0.15) is 0 Å². The molecule has 2 nitrogen and oxygen atoms in total. The minimum atomic E-state index is 0.662. The van der Waals surface area contributed by atoms with Crippen LogP contribution in [0, 0.1) is 3.57 Å². The Bertz CT molecular complexity index is 536. The number of nitrogen functional groups attached to an aromatic ring is 1. The summed E-state index contributed by atoms with van der Waals surface area (Å²) < 4.78 is 1.11. The van der Waals surface area contributed by atoms with Gasteiger partial charge in [0.05, 0.1) is 0 Å². The SMILES string of the molecule is Nc1ccc(NCCc2ccc(Cl)cc2Cl)c(I)c1. The van der Waals surface area contributed by atoms with Crippen LogP contribution in [0.15, 0.2) is 36.4 Å². The van der Waals surface area contributed by atoms with Crippen molar-refractivity contribution in [3.63, 3.8) is 0 Å². The average molecular weight is 407 g/mol. The van der Waals surface area contributed by atoms with Crippen LogP contribution in [0.25, 0.3) is 0 Å². The maximum absolute atomic E-state index is 6.13. The van der Waals surface area contributed by atoms with Crippen LogP contribution in [-0.4, -0.2) is 6.54 Å². The molecule has 3 N–H and O–H groups in total. The van der Waals surface area contributed by atoms with Crippen LogP contribution in [0.4, 0.5) is 11.4 Å². The van der Waals surface area contributed by atoms with E-state index >= 15 is 0 Å². The summed E-state index contributed by atoms with van der Waals surface area (Å²) in [5.41, 5.74) is 8.66. The molecule has 0 fully saturated rings. The maximum atomic E-state index is 6.13. The van der Waals surface area contributed by atoms with Crippen molar-refractivity contribution in [2.75, 3.05) is 17.6 Å². The fourth-order valence-electron chi connectivity index (χ4n) is 1.73. The molecule has 0 radical (unpaired) electrons. The van der Waals surface area contributed by atoms with Gasteiger partial charge in [0.2, 0.25) is 0 Å². The molecule has 0 amide bonds. The summed E-state index contributed by atoms with van der Waals surface area (Å²) in [5.74, 6) is 0. The van der Waals surface area contributed by atoms with E-state index in [4.69, 9.17) is 28.9 Å². The number of hydrogen-bond donors (Lipinski definition) is 2. The molecule has 0 aliphatic heterocycles. The molecule has 19 heavy (non-hydrogen) atoms. The standard InChI is InChI=1S/C14H13Cl2IN2/c15-10-2-1-9(12(16)7-10)5-6-19-14-4-3-11(18)8-13(14)17/h1-4,7-8,19H,5-6,18H2. The van der Waals surface area contributed by atoms with Gasteiger partial charge in [-0.2, -0.15) is 0 Å². The van der Waals surface area contributed by atoms with Crippen molar-refractivity contribution in [3.8, 4) is 0 Å². The fourth-order valence-corrected chi connectivity index (χ4v) is 2.96. The van der Waals surface area contributed by atoms with Gasteiger partial charge in [0.25, 0.3) is 0 Å². The Morgan fingerprint density at radius 1 is 1.11 bits per heavy atom. The van der Waals surface area contributed by atoms with Crippen LogP contribution in [0.2, 0.25) is 10.0 Å². The molecular weight excluding hydrogens is 394 g/mol. The van der Waals surface area contributed by atoms with Gasteiger partial charge in [-0.15, -0.1) is 0 Å². The fraction of sp³-hybridized carbons (Fsp3) is 0.143. The third-order valence-corrected chi connectivity index (χ3v) is 4.20. The zero-order valence-corrected chi connectivity index (χ0v) is 13.8. The lowest BCUT2D eigenvalue weighted by atomic mass is 10.1. The molecule has 0 atom stereocenters. The van der Waals surface area contributed by atoms with Gasteiger partial charge in [-0.25, -0.2) is 0 Å². The second-order valence-electron chi connectivity index (χ2n) is 4.15. The van der Waals surface area contributed by atoms with Gasteiger partial charge in [0, 0.05) is 31.5 Å². The van der Waals surface area contributed by atoms with Gasteiger partial charge in [-0.1, -0.05) is 29.3 Å². The van der Waals surface area contributed by atoms with Crippen molar-refractivity contribution in [1.82, 2.24) is 0 Å². The lowest BCUT2D eigenvalue weighted by Crippen LogP contribution is -2.06. The number of hydrogen-bond acceptors (Lipinski definition) is 2. The third kappa shape index (κ3) is 4.16. The highest BCUT2D eigenvalue weighted by Gasteiger charge is 2.03. The van der Waals surface area contributed by atoms with Gasteiger partial charge in [0.15, 0.2) is 0 Å². The molecule has 0 bridgehead atoms. The highest BCUT2D eigenvalue weighted by molar-refractivity contribution is 14.1. The Morgan fingerprint density at radius 2 is 1.89 bits per heavy atom. The molecule has 0 aliphatic carbocycles. The molecule has 0 spiro atoms. The van der Waals surface area contributed by atoms with Crippen molar-refractivity contribution in [3.05, 3.63) is 55.6 Å². The van der Waals surface area contributed by atoms with Gasteiger partial charge >= 0.3 is 0 Å². The molecule has 0 saturated heterocycles. The molecule has 0 aliphatic rings. The normalized spacial score (nSPS) is 10.5. The summed E-state index contributed by atoms with van der Waals surface area (Å²) in [6, 6.07) is 11.4. The van der Waals surface area contributed by atoms with Crippen LogP contribution < -0.4 is 11.1 Å². The van der Waals surface area contributed by atoms with E-state index in [2.05, 4.69) is 27.9 Å². The Kier molecular flexibility index (Phi) is 5.19. The molecular formula is C14H13Cl2IN2. The second kappa shape index (κ2) is 6.68. The van der Waals surface area contributed by atoms with Crippen molar-refractivity contribution >= 4 is 57.2 Å². The van der Waals surface area contributed by atoms with E-state index in [1.807, 2.05) is 30.3 Å². The van der Waals surface area contributed by atoms with E-state index in [1.165, 1.54) is 0 Å². The van der Waals surface area contributed by atoms with E-state index in [9.17, 15) is 0 Å². The number of nitrogens with two attached hydrogens (primary N) is 1. The van der Waals surface area contributed by atoms with Crippen molar-refractivity contribution in [1.29, 1.82) is 0 Å². The molecule has 2 rings (SSSR count). The smallest absolute Gasteiger partial charge is 0.0477 e. The molecule has 0 unspecified atom stereocenters. The maximum Gasteiger partial charge on any atom is 0.0477 e. The molecule has 5 heteroatoms. The number of benzene rings is 2. The van der Waals surface area contributed by atoms with Gasteiger partial charge in [-0.05, 0) is 64.9 Å². The Morgan fingerprint density at radius 3 is 2.58 bits per heavy atom. The highest BCUT2D eigenvalue weighted by Crippen LogP contribution is 2.23. The first-order valence-electron chi connectivity index (χ1n) is 5.79. The predicted molar refractivity (Wildman–Crippen MR) is 92.2 cm³/mol. The summed E-state index contributed by atoms with van der Waals surface area (Å²) >= 11 is 14.3. The number of anilines is 2. The minimum absolute atomic E-state index is 0.662. The molecule has 0 saturated carbocycles. The highest BCUT2D eigenvalue weighted by atomic mass is 127. The topological polar surface area (TPSA) is 38.0 Å². The zero-order valence-electron chi connectivity index (χ0n) is 10.1. The number of halogens is 3. The molecule has 0 heterocycles. The van der Waals surface area contributed by atoms with E-state index in [-0.39, 0.29) is 0 Å². The first-order chi connectivity index (χ1) is 9.06. The van der Waals surface area contributed by atoms with Crippen LogP contribution in [0.5, 0.6) is 0 Å². The zero-order chi connectivity index (χ0) is 13.8. The Hall–Kier alpha value is -0.650. The van der Waals surface area contributed by atoms with Gasteiger partial charge < -0.3 is 11.1 Å². The molecule has 0 aromatic heterocycles. The van der Waals surface area contributed by atoms with Gasteiger partial charge in [-0.3, -0.25) is 0 Å². The monoisotopic (exact) mass is 406 g/mol. The van der Waals surface area contributed by atoms with E-state index in [0.717, 1.165) is 33.5 Å². The summed E-state index contributed by atoms with van der Waals surface area (Å²) in [5, 5.41) is 4.75. The minimum Gasteiger partial charge on any atom is -0.399 e. The Labute approximate surface area is 136 Å². The lowest BCUT2D eigenvalue weighted by molar-refractivity contribution is 1.02. The van der Waals surface area contributed by atoms with Crippen molar-refractivity contribution < 1.29 is 0 Å². The lowest BCUT2D eigenvalue weighted by Gasteiger charge is -2.10. The van der Waals surface area contributed by atoms with Crippen molar-refractivity contribution in [2.24, 2.45) is 0 Å². The predicted octanol–water partition coefficient (Wildman–Crippen LogP) is 4.83. The summed E-state index contributed by atoms with van der Waals surface area (Å²) in [7, 11) is 0. The second-order valence-corrected chi connectivity index (χ2v) is 6.16. The van der Waals surface area contributed by atoms with Crippen LogP contribution in [0.1, 0.15) is 5.56 Å². The van der Waals surface area contributed by atoms with E-state index < -0.39 is 0 Å².